The minimum absolute atomic E-state index is 0.860. The maximum Gasteiger partial charge on any atom is 0.122 e. The molecule has 1 atom stereocenters. The minimum Gasteiger partial charge on any atom is -0.480 e. The number of hydrogen-bond donors (Lipinski definition) is 0. The number of hydrogen-bond acceptors (Lipinski definition) is 1. The Morgan fingerprint density at radius 1 is 0.875 bits per heavy atom. The van der Waals surface area contributed by atoms with E-state index < -0.39 is 0 Å². The van der Waals surface area contributed by atoms with Crippen LogP contribution in [0.5, 0.6) is 5.75 Å². The molecule has 0 N–H and O–H groups in total. The van der Waals surface area contributed by atoms with Crippen LogP contribution in [0, 0.1) is 0 Å². The lowest BCUT2D eigenvalue weighted by molar-refractivity contribution is 0.646. The molecule has 2 aromatic carbocycles. The molecule has 1 unspecified atom stereocenters. The van der Waals surface area contributed by atoms with Crippen molar-refractivity contribution >= 4 is 9.47 Å². The monoisotopic (exact) mass is 230 g/mol. The molecule has 0 bridgehead atoms. The fraction of sp³-hybridized carbons (Fsp3) is 0.143. The van der Waals surface area contributed by atoms with Crippen LogP contribution in [0.15, 0.2) is 48.5 Å². The fourth-order valence-corrected chi connectivity index (χ4v) is 1.82. The average molecular weight is 230 g/mol. The number of benzene rings is 2. The zero-order valence-electron chi connectivity index (χ0n) is 9.31. The third-order valence-electron chi connectivity index (χ3n) is 2.69. The number of rotatable bonds is 3. The van der Waals surface area contributed by atoms with Gasteiger partial charge in [-0.25, -0.2) is 0 Å². The van der Waals surface area contributed by atoms with E-state index in [9.17, 15) is 0 Å². The summed E-state index contributed by atoms with van der Waals surface area (Å²) in [6.45, 7) is 2.17. The van der Waals surface area contributed by atoms with Gasteiger partial charge in [-0.05, 0) is 35.2 Å². The Bertz CT molecular complexity index is 400. The predicted octanol–water partition coefficient (Wildman–Crippen LogP) is 4.08. The van der Waals surface area contributed by atoms with E-state index in [0.29, 0.717) is 0 Å². The summed E-state index contributed by atoms with van der Waals surface area (Å²) in [5.41, 5.74) is 3.83. The van der Waals surface area contributed by atoms with Crippen LogP contribution >= 0.6 is 9.47 Å². The first-order valence-corrected chi connectivity index (χ1v) is 5.86. The van der Waals surface area contributed by atoms with Crippen LogP contribution in [0.1, 0.15) is 12.5 Å². The standard InChI is InChI=1S/C14H15OP/c1-2-11-3-5-12(6-4-11)13-7-9-14(15-16)10-8-13/h3-10H,2,16H2,1H3. The van der Waals surface area contributed by atoms with Crippen molar-refractivity contribution < 1.29 is 4.52 Å². The van der Waals surface area contributed by atoms with Gasteiger partial charge in [0, 0.05) is 0 Å². The molecule has 2 rings (SSSR count). The molecule has 82 valence electrons. The maximum atomic E-state index is 5.06. The molecule has 16 heavy (non-hydrogen) atoms. The van der Waals surface area contributed by atoms with Crippen molar-refractivity contribution in [3.8, 4) is 16.9 Å². The average Bonchev–Trinajstić information content (AvgIpc) is 2.39. The van der Waals surface area contributed by atoms with Crippen LogP contribution in [0.25, 0.3) is 11.1 Å². The summed E-state index contributed by atoms with van der Waals surface area (Å²) in [4.78, 5) is 0. The van der Waals surface area contributed by atoms with Crippen LogP contribution in [-0.2, 0) is 6.42 Å². The molecule has 0 fully saturated rings. The van der Waals surface area contributed by atoms with Gasteiger partial charge in [-0.3, -0.25) is 0 Å². The van der Waals surface area contributed by atoms with Crippen LogP contribution in [0.3, 0.4) is 0 Å². The lowest BCUT2D eigenvalue weighted by atomic mass is 10.0. The smallest absolute Gasteiger partial charge is 0.122 e. The molecule has 0 aliphatic heterocycles. The van der Waals surface area contributed by atoms with Gasteiger partial charge in [0.1, 0.15) is 5.75 Å². The SMILES string of the molecule is CCc1ccc(-c2ccc(OP)cc2)cc1. The highest BCUT2D eigenvalue weighted by Crippen LogP contribution is 2.23. The van der Waals surface area contributed by atoms with Crippen molar-refractivity contribution in [1.29, 1.82) is 0 Å². The van der Waals surface area contributed by atoms with Crippen molar-refractivity contribution in [3.63, 3.8) is 0 Å². The van der Waals surface area contributed by atoms with E-state index in [1.807, 2.05) is 12.1 Å². The Hall–Kier alpha value is -1.33. The third kappa shape index (κ3) is 2.43. The molecular weight excluding hydrogens is 215 g/mol. The molecule has 0 saturated carbocycles. The normalized spacial score (nSPS) is 10.1. The first-order valence-electron chi connectivity index (χ1n) is 5.39. The largest absolute Gasteiger partial charge is 0.480 e. The highest BCUT2D eigenvalue weighted by molar-refractivity contribution is 7.10. The van der Waals surface area contributed by atoms with Gasteiger partial charge in [-0.1, -0.05) is 43.3 Å². The predicted molar refractivity (Wildman–Crippen MR) is 71.6 cm³/mol. The van der Waals surface area contributed by atoms with Gasteiger partial charge in [0.05, 0.1) is 9.47 Å². The van der Waals surface area contributed by atoms with Crippen molar-refractivity contribution in [1.82, 2.24) is 0 Å². The first-order chi connectivity index (χ1) is 7.83. The van der Waals surface area contributed by atoms with Crippen LogP contribution in [-0.4, -0.2) is 0 Å². The second kappa shape index (κ2) is 5.14. The Morgan fingerprint density at radius 3 is 1.81 bits per heavy atom. The topological polar surface area (TPSA) is 9.23 Å². The summed E-state index contributed by atoms with van der Waals surface area (Å²) in [5, 5.41) is 0. The minimum atomic E-state index is 0.860. The maximum absolute atomic E-state index is 5.06. The van der Waals surface area contributed by atoms with E-state index in [2.05, 4.69) is 52.8 Å². The van der Waals surface area contributed by atoms with Crippen LogP contribution in [0.2, 0.25) is 0 Å². The zero-order chi connectivity index (χ0) is 11.4. The highest BCUT2D eigenvalue weighted by Gasteiger charge is 1.98. The highest BCUT2D eigenvalue weighted by atomic mass is 31.0. The Morgan fingerprint density at radius 2 is 1.38 bits per heavy atom. The van der Waals surface area contributed by atoms with Gasteiger partial charge in [0.25, 0.3) is 0 Å². The summed E-state index contributed by atoms with van der Waals surface area (Å²) in [7, 11) is 2.25. The van der Waals surface area contributed by atoms with Gasteiger partial charge in [-0.15, -0.1) is 0 Å². The third-order valence-corrected chi connectivity index (χ3v) is 2.96. The van der Waals surface area contributed by atoms with Crippen molar-refractivity contribution in [2.75, 3.05) is 0 Å². The molecular formula is C14H15OP. The molecule has 0 radical (unpaired) electrons. The van der Waals surface area contributed by atoms with E-state index in [-0.39, 0.29) is 0 Å². The van der Waals surface area contributed by atoms with E-state index >= 15 is 0 Å². The summed E-state index contributed by atoms with van der Waals surface area (Å²) in [6, 6.07) is 16.8. The molecule has 0 amide bonds. The van der Waals surface area contributed by atoms with Gasteiger partial charge in [0.2, 0.25) is 0 Å². The summed E-state index contributed by atoms with van der Waals surface area (Å²) < 4.78 is 5.06. The van der Waals surface area contributed by atoms with Gasteiger partial charge >= 0.3 is 0 Å². The first kappa shape index (κ1) is 11.2. The van der Waals surface area contributed by atoms with Gasteiger partial charge in [0.15, 0.2) is 0 Å². The fourth-order valence-electron chi connectivity index (χ4n) is 1.66. The van der Waals surface area contributed by atoms with E-state index in [4.69, 9.17) is 4.52 Å². The molecule has 0 saturated heterocycles. The molecule has 1 nitrogen and oxygen atoms in total. The summed E-state index contributed by atoms with van der Waals surface area (Å²) >= 11 is 0. The molecule has 0 spiro atoms. The van der Waals surface area contributed by atoms with Crippen molar-refractivity contribution in [3.05, 3.63) is 54.1 Å². The van der Waals surface area contributed by atoms with Crippen molar-refractivity contribution in [2.24, 2.45) is 0 Å². The molecule has 0 heterocycles. The lowest BCUT2D eigenvalue weighted by Crippen LogP contribution is -1.81. The van der Waals surface area contributed by atoms with Crippen molar-refractivity contribution in [2.45, 2.75) is 13.3 Å². The lowest BCUT2D eigenvalue weighted by Gasteiger charge is -2.04. The van der Waals surface area contributed by atoms with Crippen LogP contribution in [0.4, 0.5) is 0 Å². The zero-order valence-corrected chi connectivity index (χ0v) is 10.5. The molecule has 2 heteroatoms. The van der Waals surface area contributed by atoms with E-state index in [1.165, 1.54) is 16.7 Å². The molecule has 0 aliphatic carbocycles. The van der Waals surface area contributed by atoms with Gasteiger partial charge in [-0.2, -0.15) is 0 Å². The Labute approximate surface area is 98.7 Å². The Kier molecular flexibility index (Phi) is 3.58. The Balaban J connectivity index is 2.28. The molecule has 2 aromatic rings. The second-order valence-corrected chi connectivity index (χ2v) is 3.93. The number of aryl methyl sites for hydroxylation is 1. The van der Waals surface area contributed by atoms with E-state index in [1.54, 1.807) is 0 Å². The molecule has 0 aliphatic rings. The summed E-state index contributed by atoms with van der Waals surface area (Å²) in [5.74, 6) is 0.860. The van der Waals surface area contributed by atoms with Crippen LogP contribution < -0.4 is 4.52 Å². The second-order valence-electron chi connectivity index (χ2n) is 3.69. The van der Waals surface area contributed by atoms with Gasteiger partial charge < -0.3 is 4.52 Å². The summed E-state index contributed by atoms with van der Waals surface area (Å²) in [6.07, 6.45) is 1.08. The van der Waals surface area contributed by atoms with E-state index in [0.717, 1.165) is 12.2 Å². The quantitative estimate of drug-likeness (QED) is 0.722. The molecule has 0 aromatic heterocycles.